The van der Waals surface area contributed by atoms with Crippen molar-refractivity contribution in [3.8, 4) is 0 Å². The minimum Gasteiger partial charge on any atom is -0.394 e. The van der Waals surface area contributed by atoms with E-state index in [9.17, 15) is 5.11 Å². The van der Waals surface area contributed by atoms with Crippen LogP contribution in [-0.2, 0) is 6.42 Å². The van der Waals surface area contributed by atoms with E-state index in [2.05, 4.69) is 29.1 Å². The van der Waals surface area contributed by atoms with Gasteiger partial charge in [-0.25, -0.2) is 9.97 Å². The van der Waals surface area contributed by atoms with E-state index in [1.54, 1.807) is 0 Å². The minimum absolute atomic E-state index is 0.141. The van der Waals surface area contributed by atoms with Crippen LogP contribution in [0.5, 0.6) is 0 Å². The Morgan fingerprint density at radius 3 is 2.71 bits per heavy atom. The lowest BCUT2D eigenvalue weighted by atomic mass is 9.97. The second-order valence-corrected chi connectivity index (χ2v) is 5.12. The summed E-state index contributed by atoms with van der Waals surface area (Å²) in [5.74, 6) is 2.17. The summed E-state index contributed by atoms with van der Waals surface area (Å²) >= 11 is 0. The average molecular weight is 235 g/mol. The molecule has 4 nitrogen and oxygen atoms in total. The van der Waals surface area contributed by atoms with Crippen LogP contribution in [-0.4, -0.2) is 27.2 Å². The number of nitrogens with zero attached hydrogens (tertiary/aromatic N) is 2. The van der Waals surface area contributed by atoms with Gasteiger partial charge >= 0.3 is 0 Å². The predicted molar refractivity (Wildman–Crippen MR) is 68.0 cm³/mol. The molecule has 1 aromatic heterocycles. The fourth-order valence-corrected chi connectivity index (χ4v) is 2.16. The van der Waals surface area contributed by atoms with Crippen molar-refractivity contribution in [3.63, 3.8) is 0 Å². The topological polar surface area (TPSA) is 58.0 Å². The summed E-state index contributed by atoms with van der Waals surface area (Å²) in [6.45, 7) is 6.19. The molecule has 2 N–H and O–H groups in total. The normalized spacial score (nSPS) is 18.8. The molecule has 1 saturated carbocycles. The predicted octanol–water partition coefficient (Wildman–Crippen LogP) is 1.92. The highest BCUT2D eigenvalue weighted by molar-refractivity contribution is 5.40. The van der Waals surface area contributed by atoms with E-state index in [1.165, 1.54) is 12.8 Å². The van der Waals surface area contributed by atoms with E-state index in [4.69, 9.17) is 0 Å². The molecule has 0 amide bonds. The van der Waals surface area contributed by atoms with Gasteiger partial charge in [0.05, 0.1) is 12.1 Å². The van der Waals surface area contributed by atoms with Crippen LogP contribution in [0.1, 0.15) is 38.2 Å². The Morgan fingerprint density at radius 2 is 2.18 bits per heavy atom. The summed E-state index contributed by atoms with van der Waals surface area (Å²) < 4.78 is 0. The third-order valence-corrected chi connectivity index (χ3v) is 3.47. The SMILES string of the molecule is CCc1cc(NC(C)(CO)C2CC2)nc(C)n1. The number of aliphatic hydroxyl groups excluding tert-OH is 1. The highest BCUT2D eigenvalue weighted by Gasteiger charge is 2.41. The van der Waals surface area contributed by atoms with Crippen LogP contribution in [0.4, 0.5) is 5.82 Å². The van der Waals surface area contributed by atoms with Crippen LogP contribution < -0.4 is 5.32 Å². The third kappa shape index (κ3) is 2.75. The van der Waals surface area contributed by atoms with E-state index >= 15 is 0 Å². The number of hydrogen-bond acceptors (Lipinski definition) is 4. The molecular formula is C13H21N3O. The van der Waals surface area contributed by atoms with Gasteiger partial charge in [-0.3, -0.25) is 0 Å². The number of anilines is 1. The monoisotopic (exact) mass is 235 g/mol. The average Bonchev–Trinajstić information content (AvgIpc) is 3.12. The van der Waals surface area contributed by atoms with Crippen molar-refractivity contribution in [3.05, 3.63) is 17.6 Å². The lowest BCUT2D eigenvalue weighted by Gasteiger charge is -2.29. The van der Waals surface area contributed by atoms with Gasteiger partial charge in [0.2, 0.25) is 0 Å². The van der Waals surface area contributed by atoms with Gasteiger partial charge in [0, 0.05) is 11.8 Å². The van der Waals surface area contributed by atoms with Crippen molar-refractivity contribution in [2.45, 2.75) is 45.6 Å². The van der Waals surface area contributed by atoms with E-state index < -0.39 is 0 Å². The van der Waals surface area contributed by atoms with Gasteiger partial charge < -0.3 is 10.4 Å². The Balaban J connectivity index is 2.19. The first kappa shape index (κ1) is 12.3. The number of aryl methyl sites for hydroxylation is 2. The zero-order valence-corrected chi connectivity index (χ0v) is 10.8. The second kappa shape index (κ2) is 4.61. The molecule has 1 aromatic rings. The number of rotatable bonds is 5. The second-order valence-electron chi connectivity index (χ2n) is 5.12. The van der Waals surface area contributed by atoms with E-state index in [1.807, 2.05) is 13.0 Å². The fraction of sp³-hybridized carbons (Fsp3) is 0.692. The Hall–Kier alpha value is -1.16. The van der Waals surface area contributed by atoms with E-state index in [-0.39, 0.29) is 12.1 Å². The van der Waals surface area contributed by atoms with Crippen LogP contribution in [0.15, 0.2) is 6.07 Å². The van der Waals surface area contributed by atoms with Crippen LogP contribution in [0.25, 0.3) is 0 Å². The lowest BCUT2D eigenvalue weighted by Crippen LogP contribution is -2.41. The van der Waals surface area contributed by atoms with E-state index in [0.717, 1.165) is 23.8 Å². The van der Waals surface area contributed by atoms with Gasteiger partial charge in [0.15, 0.2) is 0 Å². The third-order valence-electron chi connectivity index (χ3n) is 3.47. The largest absolute Gasteiger partial charge is 0.394 e. The first-order valence-corrected chi connectivity index (χ1v) is 6.31. The van der Waals surface area contributed by atoms with Crippen LogP contribution in [0.2, 0.25) is 0 Å². The van der Waals surface area contributed by atoms with Crippen molar-refractivity contribution in [2.24, 2.45) is 5.92 Å². The molecule has 1 atom stereocenters. The summed E-state index contributed by atoms with van der Waals surface area (Å²) in [7, 11) is 0. The Kier molecular flexibility index (Phi) is 3.33. The fourth-order valence-electron chi connectivity index (χ4n) is 2.16. The summed E-state index contributed by atoms with van der Waals surface area (Å²) in [4.78, 5) is 8.75. The highest BCUT2D eigenvalue weighted by atomic mass is 16.3. The Morgan fingerprint density at radius 1 is 1.47 bits per heavy atom. The quantitative estimate of drug-likeness (QED) is 0.818. The highest BCUT2D eigenvalue weighted by Crippen LogP contribution is 2.40. The number of hydrogen-bond donors (Lipinski definition) is 2. The zero-order valence-electron chi connectivity index (χ0n) is 10.8. The van der Waals surface area contributed by atoms with Crippen molar-refractivity contribution in [1.82, 2.24) is 9.97 Å². The van der Waals surface area contributed by atoms with Gasteiger partial charge in [-0.15, -0.1) is 0 Å². The first-order chi connectivity index (χ1) is 8.07. The summed E-state index contributed by atoms with van der Waals surface area (Å²) in [5.41, 5.74) is 0.794. The molecule has 0 radical (unpaired) electrons. The van der Waals surface area contributed by atoms with Crippen molar-refractivity contribution < 1.29 is 5.11 Å². The molecular weight excluding hydrogens is 214 g/mol. The molecule has 1 aliphatic carbocycles. The number of aliphatic hydroxyl groups is 1. The van der Waals surface area contributed by atoms with Crippen molar-refractivity contribution in [1.29, 1.82) is 0 Å². The maximum atomic E-state index is 9.55. The molecule has 1 aliphatic rings. The molecule has 0 bridgehead atoms. The molecule has 0 aliphatic heterocycles. The standard InChI is InChI=1S/C13H21N3O/c1-4-11-7-12(15-9(2)14-11)16-13(3,8-17)10-5-6-10/h7,10,17H,4-6,8H2,1-3H3,(H,14,15,16). The molecule has 4 heteroatoms. The van der Waals surface area contributed by atoms with Crippen LogP contribution in [0.3, 0.4) is 0 Å². The molecule has 1 heterocycles. The van der Waals surface area contributed by atoms with Gasteiger partial charge in [-0.1, -0.05) is 6.92 Å². The molecule has 94 valence electrons. The Bertz CT molecular complexity index is 404. The first-order valence-electron chi connectivity index (χ1n) is 6.31. The van der Waals surface area contributed by atoms with Gasteiger partial charge in [0.1, 0.15) is 11.6 Å². The Labute approximate surface area is 102 Å². The molecule has 1 fully saturated rings. The number of aromatic nitrogens is 2. The maximum absolute atomic E-state index is 9.55. The summed E-state index contributed by atoms with van der Waals surface area (Å²) in [5, 5.41) is 12.9. The van der Waals surface area contributed by atoms with Crippen molar-refractivity contribution >= 4 is 5.82 Å². The van der Waals surface area contributed by atoms with Gasteiger partial charge in [-0.05, 0) is 39.0 Å². The summed E-state index contributed by atoms with van der Waals surface area (Å²) in [6, 6.07) is 1.98. The molecule has 17 heavy (non-hydrogen) atoms. The van der Waals surface area contributed by atoms with Gasteiger partial charge in [0.25, 0.3) is 0 Å². The molecule has 0 aromatic carbocycles. The smallest absolute Gasteiger partial charge is 0.130 e. The van der Waals surface area contributed by atoms with Gasteiger partial charge in [-0.2, -0.15) is 0 Å². The van der Waals surface area contributed by atoms with Crippen LogP contribution in [0, 0.1) is 12.8 Å². The molecule has 2 rings (SSSR count). The minimum atomic E-state index is -0.244. The van der Waals surface area contributed by atoms with E-state index in [0.29, 0.717) is 5.92 Å². The zero-order chi connectivity index (χ0) is 12.5. The summed E-state index contributed by atoms with van der Waals surface area (Å²) in [6.07, 6.45) is 3.28. The molecule has 0 spiro atoms. The van der Waals surface area contributed by atoms with Crippen LogP contribution >= 0.6 is 0 Å². The van der Waals surface area contributed by atoms with Crippen molar-refractivity contribution in [2.75, 3.05) is 11.9 Å². The molecule has 0 saturated heterocycles. The number of nitrogens with one attached hydrogen (secondary N) is 1. The maximum Gasteiger partial charge on any atom is 0.130 e. The molecule has 1 unspecified atom stereocenters. The lowest BCUT2D eigenvalue weighted by molar-refractivity contribution is 0.205.